The van der Waals surface area contributed by atoms with Crippen molar-refractivity contribution in [1.29, 1.82) is 0 Å². The predicted octanol–water partition coefficient (Wildman–Crippen LogP) is -2.20. The lowest BCUT2D eigenvalue weighted by Crippen LogP contribution is -2.34. The molecule has 8 heavy (non-hydrogen) atoms. The lowest BCUT2D eigenvalue weighted by molar-refractivity contribution is -0.126. The number of hydrogen-bond acceptors (Lipinski definition) is 3. The quantitative estimate of drug-likeness (QED) is 0.336. The van der Waals surface area contributed by atoms with Gasteiger partial charge in [-0.05, 0) is 0 Å². The highest BCUT2D eigenvalue weighted by Gasteiger charge is 2.29. The van der Waals surface area contributed by atoms with E-state index >= 15 is 0 Å². The van der Waals surface area contributed by atoms with Crippen LogP contribution in [0.15, 0.2) is 0 Å². The van der Waals surface area contributed by atoms with Crippen LogP contribution in [0.5, 0.6) is 0 Å². The molecular formula is C4H8N2O2. The van der Waals surface area contributed by atoms with Crippen LogP contribution < -0.4 is 11.1 Å². The second-order valence-electron chi connectivity index (χ2n) is 1.85. The van der Waals surface area contributed by atoms with Gasteiger partial charge in [0.05, 0.1) is 6.04 Å². The van der Waals surface area contributed by atoms with E-state index in [1.165, 1.54) is 0 Å². The molecule has 0 aliphatic carbocycles. The van der Waals surface area contributed by atoms with Crippen molar-refractivity contribution in [3.8, 4) is 0 Å². The Balaban J connectivity index is 2.56. The van der Waals surface area contributed by atoms with E-state index < -0.39 is 12.1 Å². The Morgan fingerprint density at radius 3 is 2.62 bits per heavy atom. The van der Waals surface area contributed by atoms with E-state index in [4.69, 9.17) is 10.8 Å². The van der Waals surface area contributed by atoms with E-state index in [2.05, 4.69) is 5.32 Å². The topological polar surface area (TPSA) is 75.3 Å². The van der Waals surface area contributed by atoms with Gasteiger partial charge in [-0.25, -0.2) is 0 Å². The summed E-state index contributed by atoms with van der Waals surface area (Å²) in [6.45, 7) is 0.389. The Hall–Kier alpha value is -0.610. The molecule has 0 bridgehead atoms. The van der Waals surface area contributed by atoms with E-state index in [0.29, 0.717) is 6.54 Å². The second kappa shape index (κ2) is 1.72. The molecule has 1 rings (SSSR count). The summed E-state index contributed by atoms with van der Waals surface area (Å²) >= 11 is 0. The number of hydrogen-bond donors (Lipinski definition) is 3. The predicted molar refractivity (Wildman–Crippen MR) is 27.0 cm³/mol. The van der Waals surface area contributed by atoms with Gasteiger partial charge < -0.3 is 16.2 Å². The molecule has 0 aromatic carbocycles. The zero-order chi connectivity index (χ0) is 6.15. The minimum Gasteiger partial charge on any atom is -0.382 e. The highest BCUT2D eigenvalue weighted by molar-refractivity contribution is 5.83. The van der Waals surface area contributed by atoms with Gasteiger partial charge in [-0.3, -0.25) is 4.79 Å². The van der Waals surface area contributed by atoms with Crippen molar-refractivity contribution >= 4 is 5.91 Å². The van der Waals surface area contributed by atoms with E-state index in [9.17, 15) is 4.79 Å². The van der Waals surface area contributed by atoms with Crippen LogP contribution in [0.2, 0.25) is 0 Å². The summed E-state index contributed by atoms with van der Waals surface area (Å²) < 4.78 is 0. The number of aliphatic hydroxyl groups is 1. The molecule has 46 valence electrons. The minimum atomic E-state index is -0.991. The number of rotatable bonds is 0. The molecule has 1 amide bonds. The van der Waals surface area contributed by atoms with Gasteiger partial charge in [-0.15, -0.1) is 0 Å². The van der Waals surface area contributed by atoms with Crippen molar-refractivity contribution in [2.75, 3.05) is 6.54 Å². The Labute approximate surface area is 46.7 Å². The largest absolute Gasteiger partial charge is 0.382 e. The fraction of sp³-hybridized carbons (Fsp3) is 0.750. The first-order chi connectivity index (χ1) is 3.72. The van der Waals surface area contributed by atoms with Crippen LogP contribution in [-0.4, -0.2) is 29.7 Å². The Kier molecular flexibility index (Phi) is 1.19. The first kappa shape index (κ1) is 5.53. The molecule has 1 saturated heterocycles. The molecule has 4 N–H and O–H groups in total. The first-order valence-electron chi connectivity index (χ1n) is 2.43. The molecule has 0 radical (unpaired) electrons. The number of nitrogens with one attached hydrogen (secondary N) is 1. The van der Waals surface area contributed by atoms with Gasteiger partial charge in [0.1, 0.15) is 6.10 Å². The van der Waals surface area contributed by atoms with Gasteiger partial charge in [-0.1, -0.05) is 0 Å². The zero-order valence-electron chi connectivity index (χ0n) is 4.29. The van der Waals surface area contributed by atoms with E-state index in [0.717, 1.165) is 0 Å². The number of carbonyl (C=O) groups is 1. The number of amides is 1. The van der Waals surface area contributed by atoms with Crippen LogP contribution in [0.4, 0.5) is 0 Å². The molecule has 1 heterocycles. The first-order valence-corrected chi connectivity index (χ1v) is 2.43. The summed E-state index contributed by atoms with van der Waals surface area (Å²) in [5.41, 5.74) is 5.24. The maximum absolute atomic E-state index is 10.3. The fourth-order valence-corrected chi connectivity index (χ4v) is 0.629. The highest BCUT2D eigenvalue weighted by Crippen LogP contribution is 1.95. The SMILES string of the molecule is N[C@H]1CNC(=O)[C@H]1O. The molecule has 2 atom stereocenters. The normalized spacial score (nSPS) is 37.5. The Bertz CT molecular complexity index is 115. The average molecular weight is 116 g/mol. The van der Waals surface area contributed by atoms with Crippen molar-refractivity contribution in [3.63, 3.8) is 0 Å². The zero-order valence-corrected chi connectivity index (χ0v) is 4.29. The third-order valence-electron chi connectivity index (χ3n) is 1.19. The minimum absolute atomic E-state index is 0.363. The highest BCUT2D eigenvalue weighted by atomic mass is 16.3. The molecule has 0 saturated carbocycles. The number of carbonyl (C=O) groups excluding carboxylic acids is 1. The molecule has 1 fully saturated rings. The Morgan fingerprint density at radius 1 is 1.88 bits per heavy atom. The monoisotopic (exact) mass is 116 g/mol. The van der Waals surface area contributed by atoms with Crippen LogP contribution in [0.1, 0.15) is 0 Å². The third kappa shape index (κ3) is 0.677. The van der Waals surface area contributed by atoms with Crippen LogP contribution in [0, 0.1) is 0 Å². The Morgan fingerprint density at radius 2 is 2.50 bits per heavy atom. The molecule has 0 aromatic heterocycles. The van der Waals surface area contributed by atoms with Gasteiger partial charge in [0.15, 0.2) is 0 Å². The maximum Gasteiger partial charge on any atom is 0.250 e. The molecule has 4 heteroatoms. The van der Waals surface area contributed by atoms with Crippen molar-refractivity contribution in [1.82, 2.24) is 5.32 Å². The van der Waals surface area contributed by atoms with Crippen molar-refractivity contribution in [2.24, 2.45) is 5.73 Å². The van der Waals surface area contributed by atoms with Crippen molar-refractivity contribution in [3.05, 3.63) is 0 Å². The molecule has 0 spiro atoms. The van der Waals surface area contributed by atoms with Crippen LogP contribution in [0.25, 0.3) is 0 Å². The molecule has 0 aromatic rings. The molecule has 1 aliphatic rings. The molecule has 0 unspecified atom stereocenters. The maximum atomic E-state index is 10.3. The van der Waals surface area contributed by atoms with Crippen LogP contribution in [0.3, 0.4) is 0 Å². The lowest BCUT2D eigenvalue weighted by atomic mass is 10.2. The van der Waals surface area contributed by atoms with Crippen LogP contribution in [-0.2, 0) is 4.79 Å². The second-order valence-corrected chi connectivity index (χ2v) is 1.85. The van der Waals surface area contributed by atoms with Gasteiger partial charge >= 0.3 is 0 Å². The van der Waals surface area contributed by atoms with Gasteiger partial charge in [0.2, 0.25) is 0 Å². The summed E-state index contributed by atoms with van der Waals surface area (Å²) in [5.74, 6) is -0.363. The van der Waals surface area contributed by atoms with Crippen molar-refractivity contribution in [2.45, 2.75) is 12.1 Å². The fourth-order valence-electron chi connectivity index (χ4n) is 0.629. The van der Waals surface area contributed by atoms with Gasteiger partial charge in [0, 0.05) is 6.54 Å². The average Bonchev–Trinajstić information content (AvgIpc) is 1.98. The number of aliphatic hydroxyl groups excluding tert-OH is 1. The summed E-state index contributed by atoms with van der Waals surface area (Å²) in [4.78, 5) is 10.3. The standard InChI is InChI=1S/C4H8N2O2/c5-2-1-6-4(8)3(2)7/h2-3,7H,1,5H2,(H,6,8)/t2-,3-/m0/s1. The van der Waals surface area contributed by atoms with Crippen LogP contribution >= 0.6 is 0 Å². The summed E-state index contributed by atoms with van der Waals surface area (Å²) in [6, 6.07) is -0.414. The molecule has 1 aliphatic heterocycles. The summed E-state index contributed by atoms with van der Waals surface area (Å²) in [6.07, 6.45) is -0.991. The van der Waals surface area contributed by atoms with E-state index in [-0.39, 0.29) is 5.91 Å². The molecule has 4 nitrogen and oxygen atoms in total. The lowest BCUT2D eigenvalue weighted by Gasteiger charge is -2.00. The van der Waals surface area contributed by atoms with E-state index in [1.807, 2.05) is 0 Å². The van der Waals surface area contributed by atoms with Gasteiger partial charge in [-0.2, -0.15) is 0 Å². The number of nitrogens with two attached hydrogens (primary N) is 1. The van der Waals surface area contributed by atoms with Gasteiger partial charge in [0.25, 0.3) is 5.91 Å². The molecular weight excluding hydrogens is 108 g/mol. The third-order valence-corrected chi connectivity index (χ3v) is 1.19. The summed E-state index contributed by atoms with van der Waals surface area (Å²) in [5, 5.41) is 11.1. The van der Waals surface area contributed by atoms with E-state index in [1.54, 1.807) is 0 Å². The summed E-state index contributed by atoms with van der Waals surface area (Å²) in [7, 11) is 0. The smallest absolute Gasteiger partial charge is 0.250 e. The van der Waals surface area contributed by atoms with Crippen molar-refractivity contribution < 1.29 is 9.90 Å².